The molecule has 0 saturated carbocycles. The smallest absolute Gasteiger partial charge is 0.244 e. The molecule has 2 aromatic carbocycles. The summed E-state index contributed by atoms with van der Waals surface area (Å²) in [6.45, 7) is 5.73. The van der Waals surface area contributed by atoms with Gasteiger partial charge in [-0.05, 0) is 38.0 Å². The molecule has 0 aliphatic heterocycles. The van der Waals surface area contributed by atoms with Crippen LogP contribution in [0.2, 0.25) is 0 Å². The molecule has 2 rings (SSSR count). The molecule has 33 heavy (non-hydrogen) atoms. The molecule has 8 nitrogen and oxygen atoms in total. The first-order chi connectivity index (χ1) is 15.6. The number of hydrogen-bond acceptors (Lipinski definition) is 5. The van der Waals surface area contributed by atoms with Gasteiger partial charge in [-0.2, -0.15) is 0 Å². The molecular formula is C24H33N3O5S. The molecule has 0 aliphatic rings. The number of ether oxygens (including phenoxy) is 1. The number of carbonyl (C=O) groups is 2. The van der Waals surface area contributed by atoms with Gasteiger partial charge in [0.15, 0.2) is 0 Å². The average molecular weight is 476 g/mol. The summed E-state index contributed by atoms with van der Waals surface area (Å²) < 4.78 is 31.6. The molecule has 0 aromatic heterocycles. The Morgan fingerprint density at radius 2 is 1.82 bits per heavy atom. The predicted molar refractivity (Wildman–Crippen MR) is 130 cm³/mol. The fourth-order valence-corrected chi connectivity index (χ4v) is 4.27. The summed E-state index contributed by atoms with van der Waals surface area (Å²) in [7, 11) is -2.38. The van der Waals surface area contributed by atoms with Gasteiger partial charge in [-0.3, -0.25) is 13.9 Å². The Bertz CT molecular complexity index is 1070. The quantitative estimate of drug-likeness (QED) is 0.539. The van der Waals surface area contributed by atoms with E-state index in [9.17, 15) is 18.0 Å². The number of para-hydroxylation sites is 2. The second-order valence-electron chi connectivity index (χ2n) is 7.92. The van der Waals surface area contributed by atoms with Crippen molar-refractivity contribution in [2.45, 2.75) is 39.8 Å². The number of anilines is 1. The van der Waals surface area contributed by atoms with Crippen LogP contribution in [-0.4, -0.2) is 57.6 Å². The first kappa shape index (κ1) is 26.2. The normalized spacial score (nSPS) is 12.0. The van der Waals surface area contributed by atoms with Crippen LogP contribution in [0.15, 0.2) is 48.5 Å². The van der Waals surface area contributed by atoms with Crippen LogP contribution in [-0.2, 0) is 26.2 Å². The molecule has 0 aliphatic carbocycles. The Morgan fingerprint density at radius 1 is 1.12 bits per heavy atom. The largest absolute Gasteiger partial charge is 0.495 e. The van der Waals surface area contributed by atoms with E-state index in [0.717, 1.165) is 28.1 Å². The Labute approximate surface area is 196 Å². The number of sulfonamides is 1. The zero-order chi connectivity index (χ0) is 24.6. The molecule has 0 bridgehead atoms. The summed E-state index contributed by atoms with van der Waals surface area (Å²) in [5, 5.41) is 2.81. The minimum absolute atomic E-state index is 0.171. The van der Waals surface area contributed by atoms with E-state index in [2.05, 4.69) is 5.32 Å². The van der Waals surface area contributed by atoms with Crippen molar-refractivity contribution in [2.24, 2.45) is 0 Å². The van der Waals surface area contributed by atoms with E-state index < -0.39 is 28.5 Å². The van der Waals surface area contributed by atoms with Gasteiger partial charge >= 0.3 is 0 Å². The summed E-state index contributed by atoms with van der Waals surface area (Å²) in [5.41, 5.74) is 2.13. The second-order valence-corrected chi connectivity index (χ2v) is 9.83. The van der Waals surface area contributed by atoms with Gasteiger partial charge in [0.05, 0.1) is 19.1 Å². The molecule has 2 amide bonds. The topological polar surface area (TPSA) is 96.0 Å². The minimum Gasteiger partial charge on any atom is -0.495 e. The van der Waals surface area contributed by atoms with E-state index in [1.165, 1.54) is 12.0 Å². The summed E-state index contributed by atoms with van der Waals surface area (Å²) in [5.74, 6) is -0.456. The van der Waals surface area contributed by atoms with E-state index in [-0.39, 0.29) is 18.1 Å². The van der Waals surface area contributed by atoms with Crippen molar-refractivity contribution in [3.05, 3.63) is 59.7 Å². The highest BCUT2D eigenvalue weighted by atomic mass is 32.2. The highest BCUT2D eigenvalue weighted by molar-refractivity contribution is 7.92. The highest BCUT2D eigenvalue weighted by Gasteiger charge is 2.30. The Balaban J connectivity index is 2.41. The standard InChI is InChI=1S/C24H33N3O5S/c1-6-14-25-24(29)19(3)26(16-20-11-9-10-18(2)15-20)23(28)17-27(33(5,30)31)21-12-7-8-13-22(21)32-4/h7-13,15,19H,6,14,16-17H2,1-5H3,(H,25,29)/t19-/m0/s1. The van der Waals surface area contributed by atoms with Gasteiger partial charge in [-0.25, -0.2) is 8.42 Å². The van der Waals surface area contributed by atoms with Gasteiger partial charge in [0.2, 0.25) is 21.8 Å². The summed E-state index contributed by atoms with van der Waals surface area (Å²) in [4.78, 5) is 27.6. The van der Waals surface area contributed by atoms with E-state index in [4.69, 9.17) is 4.74 Å². The van der Waals surface area contributed by atoms with Gasteiger partial charge in [-0.1, -0.05) is 48.9 Å². The van der Waals surface area contributed by atoms with Crippen LogP contribution in [0.5, 0.6) is 5.75 Å². The number of methoxy groups -OCH3 is 1. The van der Waals surface area contributed by atoms with Crippen molar-refractivity contribution in [3.63, 3.8) is 0 Å². The lowest BCUT2D eigenvalue weighted by atomic mass is 10.1. The zero-order valence-electron chi connectivity index (χ0n) is 19.9. The maximum absolute atomic E-state index is 13.5. The fourth-order valence-electron chi connectivity index (χ4n) is 3.42. The third kappa shape index (κ3) is 7.21. The molecule has 1 atom stereocenters. The van der Waals surface area contributed by atoms with Crippen LogP contribution in [0.25, 0.3) is 0 Å². The van der Waals surface area contributed by atoms with E-state index >= 15 is 0 Å². The van der Waals surface area contributed by atoms with Gasteiger partial charge in [-0.15, -0.1) is 0 Å². The lowest BCUT2D eigenvalue weighted by molar-refractivity contribution is -0.139. The van der Waals surface area contributed by atoms with E-state index in [1.54, 1.807) is 31.2 Å². The summed E-state index contributed by atoms with van der Waals surface area (Å²) in [6, 6.07) is 13.4. The monoisotopic (exact) mass is 475 g/mol. The Hall–Kier alpha value is -3.07. The van der Waals surface area contributed by atoms with Crippen molar-refractivity contribution in [3.8, 4) is 5.75 Å². The van der Waals surface area contributed by atoms with Gasteiger partial charge < -0.3 is 15.0 Å². The zero-order valence-corrected chi connectivity index (χ0v) is 20.7. The lowest BCUT2D eigenvalue weighted by Crippen LogP contribution is -2.51. The first-order valence-electron chi connectivity index (χ1n) is 10.8. The minimum atomic E-state index is -3.81. The van der Waals surface area contributed by atoms with E-state index in [1.807, 2.05) is 38.1 Å². The predicted octanol–water partition coefficient (Wildman–Crippen LogP) is 2.71. The van der Waals surface area contributed by atoms with Crippen molar-refractivity contribution < 1.29 is 22.7 Å². The second kappa shape index (κ2) is 11.7. The van der Waals surface area contributed by atoms with Crippen LogP contribution in [0.1, 0.15) is 31.4 Å². The SMILES string of the molecule is CCCNC(=O)[C@H](C)N(Cc1cccc(C)c1)C(=O)CN(c1ccccc1OC)S(C)(=O)=O. The van der Waals surface area contributed by atoms with Gasteiger partial charge in [0.1, 0.15) is 18.3 Å². The molecule has 0 fully saturated rings. The number of nitrogens with one attached hydrogen (secondary N) is 1. The Kier molecular flexibility index (Phi) is 9.28. The van der Waals surface area contributed by atoms with Crippen LogP contribution in [0.3, 0.4) is 0 Å². The van der Waals surface area contributed by atoms with E-state index in [0.29, 0.717) is 12.3 Å². The number of carbonyl (C=O) groups excluding carboxylic acids is 2. The molecular weight excluding hydrogens is 442 g/mol. The summed E-state index contributed by atoms with van der Waals surface area (Å²) in [6.07, 6.45) is 1.80. The summed E-state index contributed by atoms with van der Waals surface area (Å²) >= 11 is 0. The van der Waals surface area contributed by atoms with Crippen LogP contribution < -0.4 is 14.4 Å². The number of benzene rings is 2. The molecule has 0 unspecified atom stereocenters. The van der Waals surface area contributed by atoms with Gasteiger partial charge in [0.25, 0.3) is 0 Å². The Morgan fingerprint density at radius 3 is 2.42 bits per heavy atom. The highest BCUT2D eigenvalue weighted by Crippen LogP contribution is 2.29. The molecule has 9 heteroatoms. The van der Waals surface area contributed by atoms with Crippen molar-refractivity contribution in [1.82, 2.24) is 10.2 Å². The third-order valence-electron chi connectivity index (χ3n) is 5.18. The number of nitrogens with zero attached hydrogens (tertiary/aromatic N) is 2. The molecule has 0 spiro atoms. The maximum Gasteiger partial charge on any atom is 0.244 e. The molecule has 1 N–H and O–H groups in total. The van der Waals surface area contributed by atoms with Crippen molar-refractivity contribution >= 4 is 27.5 Å². The first-order valence-corrected chi connectivity index (χ1v) is 12.7. The maximum atomic E-state index is 13.5. The average Bonchev–Trinajstić information content (AvgIpc) is 2.78. The fraction of sp³-hybridized carbons (Fsp3) is 0.417. The number of amides is 2. The van der Waals surface area contributed by atoms with Crippen molar-refractivity contribution in [1.29, 1.82) is 0 Å². The van der Waals surface area contributed by atoms with Crippen LogP contribution in [0, 0.1) is 6.92 Å². The van der Waals surface area contributed by atoms with Gasteiger partial charge in [0, 0.05) is 13.1 Å². The number of rotatable bonds is 11. The third-order valence-corrected chi connectivity index (χ3v) is 6.31. The molecule has 0 radical (unpaired) electrons. The van der Waals surface area contributed by atoms with Crippen molar-refractivity contribution in [2.75, 3.05) is 30.8 Å². The molecule has 180 valence electrons. The van der Waals surface area contributed by atoms with Crippen LogP contribution in [0.4, 0.5) is 5.69 Å². The molecule has 0 saturated heterocycles. The van der Waals surface area contributed by atoms with Crippen LogP contribution >= 0.6 is 0 Å². The molecule has 0 heterocycles. The molecule has 2 aromatic rings. The number of aryl methyl sites for hydroxylation is 1. The number of hydrogen-bond donors (Lipinski definition) is 1. The lowest BCUT2D eigenvalue weighted by Gasteiger charge is -2.31.